The molecule has 0 spiro atoms. The first kappa shape index (κ1) is 9.02. The normalized spacial score (nSPS) is 19.6. The summed E-state index contributed by atoms with van der Waals surface area (Å²) in [5, 5.41) is 5.94. The molecule has 0 radical (unpaired) electrons. The zero-order valence-corrected chi connectivity index (χ0v) is 8.00. The molecule has 0 saturated carbocycles. The van der Waals surface area contributed by atoms with E-state index in [1.807, 2.05) is 25.1 Å². The molecule has 1 aliphatic heterocycles. The third kappa shape index (κ3) is 1.44. The summed E-state index contributed by atoms with van der Waals surface area (Å²) in [6, 6.07) is 5.61. The average Bonchev–Trinajstić information content (AvgIpc) is 2.19. The number of fused-ring (bicyclic) bond motifs is 1. The molecular formula is C10H13N3O. The SMILES string of the molecule is CC1Nc2ccc(CN)cc2NC1=O. The Bertz CT molecular complexity index is 376. The van der Waals surface area contributed by atoms with Crippen LogP contribution in [0.1, 0.15) is 12.5 Å². The standard InChI is InChI=1S/C10H13N3O/c1-6-10(14)13-9-4-7(5-11)2-3-8(9)12-6/h2-4,6,12H,5,11H2,1H3,(H,13,14). The second-order valence-corrected chi connectivity index (χ2v) is 3.44. The predicted octanol–water partition coefficient (Wildman–Crippen LogP) is 0.898. The monoisotopic (exact) mass is 191 g/mol. The molecule has 74 valence electrons. The minimum atomic E-state index is -0.175. The average molecular weight is 191 g/mol. The summed E-state index contributed by atoms with van der Waals surface area (Å²) in [6.45, 7) is 2.31. The van der Waals surface area contributed by atoms with Gasteiger partial charge in [-0.1, -0.05) is 6.07 Å². The number of amides is 1. The summed E-state index contributed by atoms with van der Waals surface area (Å²) in [7, 11) is 0. The minimum absolute atomic E-state index is 0.00771. The van der Waals surface area contributed by atoms with Crippen LogP contribution in [0.2, 0.25) is 0 Å². The van der Waals surface area contributed by atoms with Crippen LogP contribution >= 0.6 is 0 Å². The molecule has 1 aliphatic rings. The van der Waals surface area contributed by atoms with Gasteiger partial charge >= 0.3 is 0 Å². The number of carbonyl (C=O) groups excluding carboxylic acids is 1. The van der Waals surface area contributed by atoms with Crippen molar-refractivity contribution in [3.8, 4) is 0 Å². The third-order valence-corrected chi connectivity index (χ3v) is 2.34. The van der Waals surface area contributed by atoms with Crippen LogP contribution in [-0.2, 0) is 11.3 Å². The van der Waals surface area contributed by atoms with Crippen LogP contribution in [0.15, 0.2) is 18.2 Å². The van der Waals surface area contributed by atoms with Gasteiger partial charge in [-0.15, -0.1) is 0 Å². The lowest BCUT2D eigenvalue weighted by atomic mass is 10.1. The van der Waals surface area contributed by atoms with Gasteiger partial charge in [-0.05, 0) is 24.6 Å². The molecule has 0 saturated heterocycles. The summed E-state index contributed by atoms with van der Waals surface area (Å²) in [6.07, 6.45) is 0. The van der Waals surface area contributed by atoms with Crippen molar-refractivity contribution in [1.29, 1.82) is 0 Å². The van der Waals surface area contributed by atoms with Crippen LogP contribution in [0.5, 0.6) is 0 Å². The first-order valence-corrected chi connectivity index (χ1v) is 4.61. The van der Waals surface area contributed by atoms with Crippen molar-refractivity contribution >= 4 is 17.3 Å². The Morgan fingerprint density at radius 2 is 2.21 bits per heavy atom. The summed E-state index contributed by atoms with van der Waals surface area (Å²) in [5.74, 6) is -0.00771. The first-order valence-electron chi connectivity index (χ1n) is 4.61. The van der Waals surface area contributed by atoms with Crippen LogP contribution in [0.25, 0.3) is 0 Å². The molecule has 4 N–H and O–H groups in total. The second-order valence-electron chi connectivity index (χ2n) is 3.44. The number of benzene rings is 1. The van der Waals surface area contributed by atoms with E-state index in [1.165, 1.54) is 0 Å². The zero-order valence-electron chi connectivity index (χ0n) is 8.00. The molecule has 1 aromatic carbocycles. The molecule has 4 heteroatoms. The number of hydrogen-bond acceptors (Lipinski definition) is 3. The lowest BCUT2D eigenvalue weighted by Gasteiger charge is -2.24. The molecule has 1 amide bonds. The van der Waals surface area contributed by atoms with Crippen molar-refractivity contribution in [2.45, 2.75) is 19.5 Å². The summed E-state index contributed by atoms with van der Waals surface area (Å²) in [5.41, 5.74) is 8.29. The van der Waals surface area contributed by atoms with Crippen molar-refractivity contribution in [2.24, 2.45) is 5.73 Å². The predicted molar refractivity (Wildman–Crippen MR) is 56.0 cm³/mol. The first-order chi connectivity index (χ1) is 6.70. The molecule has 0 aromatic heterocycles. The summed E-state index contributed by atoms with van der Waals surface area (Å²) < 4.78 is 0. The lowest BCUT2D eigenvalue weighted by Crippen LogP contribution is -2.36. The number of rotatable bonds is 1. The molecule has 1 heterocycles. The molecule has 0 aliphatic carbocycles. The van der Waals surface area contributed by atoms with Gasteiger partial charge in [-0.3, -0.25) is 4.79 Å². The molecule has 0 fully saturated rings. The van der Waals surface area contributed by atoms with Gasteiger partial charge < -0.3 is 16.4 Å². The number of nitrogens with two attached hydrogens (primary N) is 1. The Kier molecular flexibility index (Phi) is 2.13. The molecule has 1 aromatic rings. The highest BCUT2D eigenvalue weighted by Gasteiger charge is 2.20. The fourth-order valence-corrected chi connectivity index (χ4v) is 1.49. The van der Waals surface area contributed by atoms with Gasteiger partial charge in [0.05, 0.1) is 11.4 Å². The molecule has 2 rings (SSSR count). The number of hydrogen-bond donors (Lipinski definition) is 3. The number of carbonyl (C=O) groups is 1. The van der Waals surface area contributed by atoms with E-state index in [-0.39, 0.29) is 11.9 Å². The van der Waals surface area contributed by atoms with E-state index in [0.717, 1.165) is 16.9 Å². The highest BCUT2D eigenvalue weighted by Crippen LogP contribution is 2.27. The molecular weight excluding hydrogens is 178 g/mol. The molecule has 0 bridgehead atoms. The maximum Gasteiger partial charge on any atom is 0.246 e. The zero-order chi connectivity index (χ0) is 10.1. The van der Waals surface area contributed by atoms with Gasteiger partial charge in [0.25, 0.3) is 0 Å². The van der Waals surface area contributed by atoms with Gasteiger partial charge in [-0.2, -0.15) is 0 Å². The van der Waals surface area contributed by atoms with Gasteiger partial charge in [0.15, 0.2) is 0 Å². The van der Waals surface area contributed by atoms with Crippen LogP contribution in [-0.4, -0.2) is 11.9 Å². The van der Waals surface area contributed by atoms with E-state index in [0.29, 0.717) is 6.54 Å². The molecule has 4 nitrogen and oxygen atoms in total. The quantitative estimate of drug-likeness (QED) is 0.617. The molecule has 1 unspecified atom stereocenters. The smallest absolute Gasteiger partial charge is 0.246 e. The Balaban J connectivity index is 2.37. The van der Waals surface area contributed by atoms with E-state index in [9.17, 15) is 4.79 Å². The highest BCUT2D eigenvalue weighted by molar-refractivity contribution is 6.02. The molecule has 14 heavy (non-hydrogen) atoms. The lowest BCUT2D eigenvalue weighted by molar-refractivity contribution is -0.116. The van der Waals surface area contributed by atoms with Crippen molar-refractivity contribution in [3.63, 3.8) is 0 Å². The maximum absolute atomic E-state index is 11.4. The minimum Gasteiger partial charge on any atom is -0.372 e. The number of nitrogens with one attached hydrogen (secondary N) is 2. The van der Waals surface area contributed by atoms with Gasteiger partial charge in [0.1, 0.15) is 6.04 Å². The van der Waals surface area contributed by atoms with Gasteiger partial charge in [0.2, 0.25) is 5.91 Å². The number of anilines is 2. The van der Waals surface area contributed by atoms with Gasteiger partial charge in [0, 0.05) is 6.54 Å². The Hall–Kier alpha value is -1.55. The van der Waals surface area contributed by atoms with E-state index >= 15 is 0 Å². The van der Waals surface area contributed by atoms with Crippen molar-refractivity contribution < 1.29 is 4.79 Å². The fraction of sp³-hybridized carbons (Fsp3) is 0.300. The largest absolute Gasteiger partial charge is 0.372 e. The topological polar surface area (TPSA) is 67.2 Å². The van der Waals surface area contributed by atoms with Crippen molar-refractivity contribution in [1.82, 2.24) is 0 Å². The van der Waals surface area contributed by atoms with Crippen LogP contribution in [0.4, 0.5) is 11.4 Å². The Morgan fingerprint density at radius 1 is 1.43 bits per heavy atom. The fourth-order valence-electron chi connectivity index (χ4n) is 1.49. The van der Waals surface area contributed by atoms with E-state index in [1.54, 1.807) is 0 Å². The van der Waals surface area contributed by atoms with Crippen molar-refractivity contribution in [2.75, 3.05) is 10.6 Å². The summed E-state index contributed by atoms with van der Waals surface area (Å²) >= 11 is 0. The van der Waals surface area contributed by atoms with Crippen LogP contribution < -0.4 is 16.4 Å². The summed E-state index contributed by atoms with van der Waals surface area (Å²) in [4.78, 5) is 11.4. The van der Waals surface area contributed by atoms with Crippen molar-refractivity contribution in [3.05, 3.63) is 23.8 Å². The Labute approximate surface area is 82.5 Å². The second kappa shape index (κ2) is 3.31. The maximum atomic E-state index is 11.4. The highest BCUT2D eigenvalue weighted by atomic mass is 16.2. The Morgan fingerprint density at radius 3 is 2.93 bits per heavy atom. The van der Waals surface area contributed by atoms with Crippen LogP contribution in [0.3, 0.4) is 0 Å². The van der Waals surface area contributed by atoms with E-state index in [4.69, 9.17) is 5.73 Å². The van der Waals surface area contributed by atoms with E-state index in [2.05, 4.69) is 10.6 Å². The van der Waals surface area contributed by atoms with E-state index < -0.39 is 0 Å². The molecule has 1 atom stereocenters. The van der Waals surface area contributed by atoms with Gasteiger partial charge in [-0.25, -0.2) is 0 Å². The third-order valence-electron chi connectivity index (χ3n) is 2.34. The van der Waals surface area contributed by atoms with Crippen LogP contribution in [0, 0.1) is 0 Å².